The molecule has 0 aliphatic heterocycles. The fourth-order valence-electron chi connectivity index (χ4n) is 3.84. The van der Waals surface area contributed by atoms with Gasteiger partial charge in [0.15, 0.2) is 0 Å². The average Bonchev–Trinajstić information content (AvgIpc) is 2.85. The zero-order valence-electron chi connectivity index (χ0n) is 20.0. The van der Waals surface area contributed by atoms with Crippen LogP contribution in [0.2, 0.25) is 0 Å². The summed E-state index contributed by atoms with van der Waals surface area (Å²) in [4.78, 5) is 38.0. The van der Waals surface area contributed by atoms with E-state index in [-0.39, 0.29) is 19.4 Å². The van der Waals surface area contributed by atoms with Gasteiger partial charge in [0, 0.05) is 12.8 Å². The first-order valence-corrected chi connectivity index (χ1v) is 11.5. The van der Waals surface area contributed by atoms with Crippen LogP contribution >= 0.6 is 0 Å². The molecule has 0 fully saturated rings. The van der Waals surface area contributed by atoms with Crippen LogP contribution in [0.5, 0.6) is 0 Å². The van der Waals surface area contributed by atoms with Crippen molar-refractivity contribution in [3.63, 3.8) is 0 Å². The van der Waals surface area contributed by atoms with Crippen LogP contribution in [-0.4, -0.2) is 30.0 Å². The largest absolute Gasteiger partial charge is 0.445 e. The Morgan fingerprint density at radius 3 is 1.89 bits per heavy atom. The Morgan fingerprint density at radius 2 is 1.31 bits per heavy atom. The molecule has 0 aliphatic carbocycles. The van der Waals surface area contributed by atoms with E-state index in [2.05, 4.69) is 10.6 Å². The number of alkyl carbamates (subject to hydrolysis) is 1. The van der Waals surface area contributed by atoms with Crippen LogP contribution in [0, 0.1) is 13.8 Å². The maximum Gasteiger partial charge on any atom is 0.408 e. The highest BCUT2D eigenvalue weighted by Crippen LogP contribution is 2.16. The Balaban J connectivity index is 1.72. The van der Waals surface area contributed by atoms with Gasteiger partial charge in [-0.1, -0.05) is 78.9 Å². The van der Waals surface area contributed by atoms with E-state index in [4.69, 9.17) is 10.5 Å². The summed E-state index contributed by atoms with van der Waals surface area (Å²) in [6.07, 6.45) is -0.242. The predicted octanol–water partition coefficient (Wildman–Crippen LogP) is 3.35. The van der Waals surface area contributed by atoms with E-state index in [0.717, 1.165) is 27.8 Å². The summed E-state index contributed by atoms with van der Waals surface area (Å²) in [6.45, 7) is 3.97. The molecule has 3 amide bonds. The Labute approximate surface area is 205 Å². The van der Waals surface area contributed by atoms with Crippen molar-refractivity contribution in [2.75, 3.05) is 0 Å². The van der Waals surface area contributed by atoms with Crippen molar-refractivity contribution >= 4 is 17.9 Å². The van der Waals surface area contributed by atoms with E-state index >= 15 is 0 Å². The van der Waals surface area contributed by atoms with Crippen molar-refractivity contribution in [1.29, 1.82) is 0 Å². The number of hydrogen-bond acceptors (Lipinski definition) is 4. The highest BCUT2D eigenvalue weighted by atomic mass is 16.5. The summed E-state index contributed by atoms with van der Waals surface area (Å²) in [5.41, 5.74) is 10.3. The topological polar surface area (TPSA) is 111 Å². The number of amides is 3. The summed E-state index contributed by atoms with van der Waals surface area (Å²) in [7, 11) is 0. The molecule has 0 saturated heterocycles. The first-order chi connectivity index (χ1) is 16.8. The summed E-state index contributed by atoms with van der Waals surface area (Å²) in [5, 5.41) is 5.38. The van der Waals surface area contributed by atoms with Gasteiger partial charge in [0.25, 0.3) is 0 Å². The molecule has 7 nitrogen and oxygen atoms in total. The van der Waals surface area contributed by atoms with Crippen LogP contribution in [0.3, 0.4) is 0 Å². The number of aryl methyl sites for hydroxylation is 2. The van der Waals surface area contributed by atoms with Gasteiger partial charge in [0.05, 0.1) is 0 Å². The molecule has 4 N–H and O–H groups in total. The molecule has 0 aliphatic rings. The summed E-state index contributed by atoms with van der Waals surface area (Å²) in [6, 6.07) is 22.5. The zero-order valence-corrected chi connectivity index (χ0v) is 20.0. The average molecular weight is 474 g/mol. The number of nitrogens with one attached hydrogen (secondary N) is 2. The van der Waals surface area contributed by atoms with Crippen LogP contribution in [0.1, 0.15) is 27.8 Å². The molecule has 0 radical (unpaired) electrons. The lowest BCUT2D eigenvalue weighted by atomic mass is 9.95. The fraction of sp³-hybridized carbons (Fsp3) is 0.250. The first kappa shape index (κ1) is 25.5. The standard InChI is InChI=1S/C28H31N3O4/c1-19-10-9-11-20(2)23(19)17-24(26(29)32)30-27(33)25(16-21-12-5-3-6-13-21)31-28(34)35-18-22-14-7-4-8-15-22/h3-15,24-25H,16-18H2,1-2H3,(H2,29,32)(H,30,33)(H,31,34)/t24-,25+/m0/s1. The van der Waals surface area contributed by atoms with Crippen molar-refractivity contribution in [3.8, 4) is 0 Å². The smallest absolute Gasteiger partial charge is 0.408 e. The number of rotatable bonds is 10. The molecular weight excluding hydrogens is 442 g/mol. The third-order valence-electron chi connectivity index (χ3n) is 5.82. The molecule has 3 rings (SSSR count). The first-order valence-electron chi connectivity index (χ1n) is 11.5. The Kier molecular flexibility index (Phi) is 9.01. The van der Waals surface area contributed by atoms with E-state index in [1.807, 2.05) is 92.7 Å². The molecular formula is C28H31N3O4. The summed E-state index contributed by atoms with van der Waals surface area (Å²) < 4.78 is 5.30. The number of hydrogen-bond donors (Lipinski definition) is 3. The highest BCUT2D eigenvalue weighted by Gasteiger charge is 2.27. The maximum atomic E-state index is 13.2. The predicted molar refractivity (Wildman–Crippen MR) is 134 cm³/mol. The highest BCUT2D eigenvalue weighted by molar-refractivity contribution is 5.91. The molecule has 3 aromatic rings. The second kappa shape index (κ2) is 12.4. The number of carbonyl (C=O) groups is 3. The van der Waals surface area contributed by atoms with Crippen molar-refractivity contribution in [3.05, 3.63) is 107 Å². The number of benzene rings is 3. The number of primary amides is 1. The van der Waals surface area contributed by atoms with Crippen LogP contribution < -0.4 is 16.4 Å². The number of carbonyl (C=O) groups excluding carboxylic acids is 3. The molecule has 0 spiro atoms. The minimum Gasteiger partial charge on any atom is -0.445 e. The summed E-state index contributed by atoms with van der Waals surface area (Å²) >= 11 is 0. The van der Waals surface area contributed by atoms with Gasteiger partial charge >= 0.3 is 6.09 Å². The third kappa shape index (κ3) is 7.71. The second-order valence-corrected chi connectivity index (χ2v) is 8.49. The lowest BCUT2D eigenvalue weighted by Gasteiger charge is -2.23. The number of ether oxygens (including phenoxy) is 1. The van der Waals surface area contributed by atoms with Gasteiger partial charge in [-0.05, 0) is 41.7 Å². The lowest BCUT2D eigenvalue weighted by Crippen LogP contribution is -2.54. The molecule has 2 atom stereocenters. The SMILES string of the molecule is Cc1cccc(C)c1C[C@H](NC(=O)[C@@H](Cc1ccccc1)NC(=O)OCc1ccccc1)C(N)=O. The van der Waals surface area contributed by atoms with Crippen molar-refractivity contribution in [2.24, 2.45) is 5.73 Å². The third-order valence-corrected chi connectivity index (χ3v) is 5.82. The van der Waals surface area contributed by atoms with E-state index < -0.39 is 30.0 Å². The Hall–Kier alpha value is -4.13. The molecule has 0 unspecified atom stereocenters. The normalized spacial score (nSPS) is 12.3. The zero-order chi connectivity index (χ0) is 25.2. The van der Waals surface area contributed by atoms with Gasteiger partial charge in [-0.3, -0.25) is 9.59 Å². The van der Waals surface area contributed by atoms with Gasteiger partial charge in [0.1, 0.15) is 18.7 Å². The fourth-order valence-corrected chi connectivity index (χ4v) is 3.84. The molecule has 3 aromatic carbocycles. The van der Waals surface area contributed by atoms with Crippen LogP contribution in [0.25, 0.3) is 0 Å². The quantitative estimate of drug-likeness (QED) is 0.419. The minimum atomic E-state index is -0.958. The van der Waals surface area contributed by atoms with Crippen LogP contribution in [0.4, 0.5) is 4.79 Å². The van der Waals surface area contributed by atoms with E-state index in [1.165, 1.54) is 0 Å². The van der Waals surface area contributed by atoms with Gasteiger partial charge in [-0.2, -0.15) is 0 Å². The lowest BCUT2D eigenvalue weighted by molar-refractivity contribution is -0.128. The van der Waals surface area contributed by atoms with Gasteiger partial charge in [-0.25, -0.2) is 4.79 Å². The summed E-state index contributed by atoms with van der Waals surface area (Å²) in [5.74, 6) is -1.16. The molecule has 0 saturated carbocycles. The molecule has 182 valence electrons. The van der Waals surface area contributed by atoms with E-state index in [0.29, 0.717) is 0 Å². The number of nitrogens with two attached hydrogens (primary N) is 1. The van der Waals surface area contributed by atoms with Gasteiger partial charge < -0.3 is 21.1 Å². The molecule has 0 bridgehead atoms. The molecule has 0 aromatic heterocycles. The van der Waals surface area contributed by atoms with Crippen molar-refractivity contribution in [2.45, 2.75) is 45.4 Å². The Morgan fingerprint density at radius 1 is 0.743 bits per heavy atom. The van der Waals surface area contributed by atoms with Crippen LogP contribution in [0.15, 0.2) is 78.9 Å². The van der Waals surface area contributed by atoms with Crippen LogP contribution in [-0.2, 0) is 33.8 Å². The maximum absolute atomic E-state index is 13.2. The van der Waals surface area contributed by atoms with E-state index in [1.54, 1.807) is 0 Å². The Bertz CT molecular complexity index is 1130. The molecule has 0 heterocycles. The van der Waals surface area contributed by atoms with Gasteiger partial charge in [-0.15, -0.1) is 0 Å². The molecule has 7 heteroatoms. The monoisotopic (exact) mass is 473 g/mol. The second-order valence-electron chi connectivity index (χ2n) is 8.49. The molecule has 35 heavy (non-hydrogen) atoms. The van der Waals surface area contributed by atoms with Crippen molar-refractivity contribution < 1.29 is 19.1 Å². The minimum absolute atomic E-state index is 0.0722. The van der Waals surface area contributed by atoms with Crippen molar-refractivity contribution in [1.82, 2.24) is 10.6 Å². The van der Waals surface area contributed by atoms with E-state index in [9.17, 15) is 14.4 Å². The van der Waals surface area contributed by atoms with Gasteiger partial charge in [0.2, 0.25) is 11.8 Å².